The molecule has 0 aliphatic heterocycles. The van der Waals surface area contributed by atoms with E-state index < -0.39 is 20.8 Å². The molecule has 0 N–H and O–H groups in total. The van der Waals surface area contributed by atoms with Gasteiger partial charge in [-0.3, -0.25) is 0 Å². The monoisotopic (exact) mass is 642 g/mol. The minimum absolute atomic E-state index is 0.826. The predicted molar refractivity (Wildman–Crippen MR) is 160 cm³/mol. The molecule has 2 heterocycles. The third kappa shape index (κ3) is 7.80. The number of aryl methyl sites for hydroxylation is 2. The van der Waals surface area contributed by atoms with Gasteiger partial charge >= 0.3 is 37.9 Å². The Morgan fingerprint density at radius 2 is 1.14 bits per heavy atom. The zero-order chi connectivity index (χ0) is 25.9. The van der Waals surface area contributed by atoms with Crippen molar-refractivity contribution in [2.45, 2.75) is 26.9 Å². The molecule has 6 aromatic rings. The first-order chi connectivity index (χ1) is 17.5. The third-order valence-electron chi connectivity index (χ3n) is 5.12. The van der Waals surface area contributed by atoms with Gasteiger partial charge in [-0.25, -0.2) is 9.97 Å². The average Bonchev–Trinajstić information content (AvgIpc) is 3.66. The molecule has 0 saturated heterocycles. The molecule has 0 atom stereocenters. The van der Waals surface area contributed by atoms with Gasteiger partial charge in [-0.15, -0.1) is 91.7 Å². The van der Waals surface area contributed by atoms with Gasteiger partial charge in [0.15, 0.2) is 0 Å². The van der Waals surface area contributed by atoms with Crippen LogP contribution in [0.4, 0.5) is 0 Å². The molecule has 36 heavy (non-hydrogen) atoms. The molecular formula is C28H26Cl2N2S2SiZr. The quantitative estimate of drug-likeness (QED) is 0.139. The molecule has 0 fully saturated rings. The molecule has 0 bridgehead atoms. The first kappa shape index (κ1) is 29.2. The fourth-order valence-electron chi connectivity index (χ4n) is 3.86. The zero-order valence-electron chi connectivity index (χ0n) is 20.5. The van der Waals surface area contributed by atoms with Crippen LogP contribution in [0.25, 0.3) is 42.7 Å². The van der Waals surface area contributed by atoms with Gasteiger partial charge in [-0.2, -0.15) is 12.1 Å². The second kappa shape index (κ2) is 15.1. The topological polar surface area (TPSA) is 25.8 Å². The number of nitrogens with zero attached hydrogens (tertiary/aromatic N) is 2. The van der Waals surface area contributed by atoms with E-state index in [2.05, 4.69) is 97.6 Å². The molecule has 2 aromatic heterocycles. The van der Waals surface area contributed by atoms with Crippen molar-refractivity contribution in [1.29, 1.82) is 0 Å². The van der Waals surface area contributed by atoms with E-state index in [4.69, 9.17) is 17.0 Å². The molecule has 0 aliphatic carbocycles. The van der Waals surface area contributed by atoms with Crippen molar-refractivity contribution in [3.05, 3.63) is 94.9 Å². The van der Waals surface area contributed by atoms with Gasteiger partial charge in [-0.1, -0.05) is 39.1 Å². The van der Waals surface area contributed by atoms with Crippen molar-refractivity contribution >= 4 is 70.8 Å². The van der Waals surface area contributed by atoms with Gasteiger partial charge in [0.05, 0.1) is 0 Å². The molecular weight excluding hydrogens is 619 g/mol. The number of hydrogen-bond acceptors (Lipinski definition) is 4. The maximum atomic E-state index is 4.93. The van der Waals surface area contributed by atoms with E-state index in [1.807, 2.05) is 23.2 Å². The van der Waals surface area contributed by atoms with Gasteiger partial charge in [0.2, 0.25) is 0 Å². The Balaban J connectivity index is 0.000000165. The normalized spacial score (nSPS) is 9.94. The van der Waals surface area contributed by atoms with Crippen LogP contribution in [0.2, 0.25) is 13.1 Å². The molecule has 4 aromatic carbocycles. The van der Waals surface area contributed by atoms with Crippen LogP contribution in [0.5, 0.6) is 0 Å². The van der Waals surface area contributed by atoms with Gasteiger partial charge in [0.25, 0.3) is 0 Å². The van der Waals surface area contributed by atoms with E-state index in [0.717, 1.165) is 19.5 Å². The average molecular weight is 645 g/mol. The predicted octanol–water partition coefficient (Wildman–Crippen LogP) is 10.1. The Kier molecular flexibility index (Phi) is 12.2. The standard InChI is InChI=1S/2C13H10NS.C2H6Si.2ClH.Zr/c2*1-9-7-10-3-2-4-11(12(10)8-9)13-14-5-6-15-13;1-3-2;;;/h2*2-8H,1H3;1-2H3;2*1H;/q2*-1;;;;+4/p-2. The van der Waals surface area contributed by atoms with Crippen LogP contribution in [0.15, 0.2) is 83.8 Å². The van der Waals surface area contributed by atoms with Gasteiger partial charge < -0.3 is 0 Å². The summed E-state index contributed by atoms with van der Waals surface area (Å²) in [5.74, 6) is 0. The van der Waals surface area contributed by atoms with Crippen molar-refractivity contribution in [2.75, 3.05) is 0 Å². The maximum absolute atomic E-state index is 4.93. The van der Waals surface area contributed by atoms with Crippen LogP contribution in [0.1, 0.15) is 11.1 Å². The summed E-state index contributed by atoms with van der Waals surface area (Å²) >= 11 is 2.55. The Hall–Kier alpha value is -1.40. The summed E-state index contributed by atoms with van der Waals surface area (Å²) in [4.78, 5) is 8.73. The van der Waals surface area contributed by atoms with Crippen molar-refractivity contribution in [3.63, 3.8) is 0 Å². The van der Waals surface area contributed by atoms with Crippen LogP contribution >= 0.6 is 39.7 Å². The number of halogens is 2. The van der Waals surface area contributed by atoms with Gasteiger partial charge in [-0.05, 0) is 11.1 Å². The van der Waals surface area contributed by atoms with E-state index in [9.17, 15) is 0 Å². The number of rotatable bonds is 2. The first-order valence-corrected chi connectivity index (χ1v) is 21.3. The van der Waals surface area contributed by atoms with E-state index >= 15 is 0 Å². The van der Waals surface area contributed by atoms with E-state index in [0.29, 0.717) is 0 Å². The van der Waals surface area contributed by atoms with Crippen LogP contribution in [0.3, 0.4) is 0 Å². The summed E-state index contributed by atoms with van der Waals surface area (Å²) in [6.07, 6.45) is 3.71. The molecule has 0 aliphatic rings. The van der Waals surface area contributed by atoms with Gasteiger partial charge in [0.1, 0.15) is 10.0 Å². The van der Waals surface area contributed by atoms with Crippen LogP contribution in [-0.2, 0) is 20.8 Å². The Bertz CT molecular complexity index is 1350. The van der Waals surface area contributed by atoms with Gasteiger partial charge in [0, 0.05) is 32.7 Å². The molecule has 182 valence electrons. The molecule has 0 saturated carbocycles. The summed E-state index contributed by atoms with van der Waals surface area (Å²) in [6, 6.07) is 21.7. The minimum atomic E-state index is -0.826. The Labute approximate surface area is 242 Å². The summed E-state index contributed by atoms with van der Waals surface area (Å²) < 4.78 is 0. The first-order valence-electron chi connectivity index (χ1n) is 11.2. The molecule has 2 nitrogen and oxygen atoms in total. The molecule has 6 rings (SSSR count). The van der Waals surface area contributed by atoms with E-state index in [-0.39, 0.29) is 0 Å². The third-order valence-corrected chi connectivity index (χ3v) is 6.73. The van der Waals surface area contributed by atoms with Crippen LogP contribution in [-0.4, -0.2) is 19.5 Å². The van der Waals surface area contributed by atoms with Crippen molar-refractivity contribution < 1.29 is 20.8 Å². The van der Waals surface area contributed by atoms with Crippen molar-refractivity contribution in [1.82, 2.24) is 9.97 Å². The number of benzene rings is 2. The number of aromatic nitrogens is 2. The zero-order valence-corrected chi connectivity index (χ0v) is 27.2. The molecule has 8 heteroatoms. The van der Waals surface area contributed by atoms with Crippen molar-refractivity contribution in [3.8, 4) is 21.1 Å². The Morgan fingerprint density at radius 1 is 0.750 bits per heavy atom. The van der Waals surface area contributed by atoms with E-state index in [1.165, 1.54) is 43.8 Å². The second-order valence-electron chi connectivity index (χ2n) is 7.93. The summed E-state index contributed by atoms with van der Waals surface area (Å²) in [7, 11) is 11.0. The Morgan fingerprint density at radius 3 is 1.47 bits per heavy atom. The van der Waals surface area contributed by atoms with Crippen LogP contribution < -0.4 is 0 Å². The molecule has 0 unspecified atom stereocenters. The molecule has 0 amide bonds. The van der Waals surface area contributed by atoms with Crippen LogP contribution in [0, 0.1) is 13.8 Å². The molecule has 0 spiro atoms. The number of thiazole rings is 2. The van der Waals surface area contributed by atoms with Crippen molar-refractivity contribution in [2.24, 2.45) is 0 Å². The SMILES string of the molecule is C[Si]C.Cc1cc2c(-c3nccs3)cccc2[cH-]1.Cc1cc2c(-c3nccs3)cccc2[cH-]1.[Cl][Zr+2][Cl]. The summed E-state index contributed by atoms with van der Waals surface area (Å²) in [5.41, 5.74) is 5.12. The fourth-order valence-corrected chi connectivity index (χ4v) is 5.21. The fraction of sp³-hybridized carbons (Fsp3) is 0.143. The second-order valence-corrected chi connectivity index (χ2v) is 14.4. The van der Waals surface area contributed by atoms with E-state index in [1.54, 1.807) is 22.7 Å². The summed E-state index contributed by atoms with van der Waals surface area (Å²) in [6.45, 7) is 8.57. The summed E-state index contributed by atoms with van der Waals surface area (Å²) in [5, 5.41) is 11.5. The number of hydrogen-bond donors (Lipinski definition) is 0. The molecule has 2 radical (unpaired) electrons. The number of fused-ring (bicyclic) bond motifs is 2.